The van der Waals surface area contributed by atoms with Crippen molar-refractivity contribution in [2.75, 3.05) is 25.9 Å². The molecule has 0 aliphatic carbocycles. The highest BCUT2D eigenvalue weighted by atomic mass is 32.2. The van der Waals surface area contributed by atoms with Crippen LogP contribution in [0, 0.1) is 0 Å². The third-order valence-corrected chi connectivity index (χ3v) is 6.92. The second-order valence-electron chi connectivity index (χ2n) is 5.65. The van der Waals surface area contributed by atoms with Crippen molar-refractivity contribution in [3.05, 3.63) is 16.1 Å². The van der Waals surface area contributed by atoms with Gasteiger partial charge in [-0.3, -0.25) is 4.79 Å². The fourth-order valence-electron chi connectivity index (χ4n) is 2.60. The van der Waals surface area contributed by atoms with Crippen molar-refractivity contribution in [2.24, 2.45) is 0 Å². The summed E-state index contributed by atoms with van der Waals surface area (Å²) in [5, 5.41) is 6.70. The first-order valence-corrected chi connectivity index (χ1v) is 10.0. The number of sulfone groups is 1. The van der Waals surface area contributed by atoms with E-state index in [0.717, 1.165) is 23.0 Å². The van der Waals surface area contributed by atoms with Crippen LogP contribution in [0.5, 0.6) is 0 Å². The number of hydrogen-bond donors (Lipinski definition) is 2. The number of nitrogens with zero attached hydrogens (tertiary/aromatic N) is 1. The molecule has 0 saturated carbocycles. The van der Waals surface area contributed by atoms with Crippen LogP contribution >= 0.6 is 11.3 Å². The van der Waals surface area contributed by atoms with Crippen LogP contribution in [0.1, 0.15) is 23.5 Å². The molecule has 2 rings (SSSR count). The Morgan fingerprint density at radius 3 is 2.54 bits per heavy atom. The van der Waals surface area contributed by atoms with E-state index in [4.69, 9.17) is 0 Å². The summed E-state index contributed by atoms with van der Waals surface area (Å²) >= 11 is 0.858. The fourth-order valence-corrected chi connectivity index (χ4v) is 4.76. The largest absolute Gasteiger partial charge is 0.434 e. The van der Waals surface area contributed by atoms with E-state index in [1.165, 1.54) is 0 Å². The predicted molar refractivity (Wildman–Crippen MR) is 83.5 cm³/mol. The van der Waals surface area contributed by atoms with Crippen LogP contribution < -0.4 is 10.6 Å². The Hall–Kier alpha value is -1.20. The Balaban J connectivity index is 1.98. The van der Waals surface area contributed by atoms with Gasteiger partial charge in [0.2, 0.25) is 5.91 Å². The lowest BCUT2D eigenvalue weighted by atomic mass is 9.96. The number of alkyl halides is 3. The third kappa shape index (κ3) is 4.06. The van der Waals surface area contributed by atoms with Crippen LogP contribution in [0.25, 0.3) is 0 Å². The molecule has 1 amide bonds. The normalized spacial score (nSPS) is 18.3. The monoisotopic (exact) mass is 385 g/mol. The number of piperidine rings is 1. The molecule has 1 fully saturated rings. The first-order valence-electron chi connectivity index (χ1n) is 7.26. The van der Waals surface area contributed by atoms with E-state index in [1.807, 2.05) is 0 Å². The molecule has 1 aliphatic heterocycles. The molecule has 11 heteroatoms. The maximum absolute atomic E-state index is 12.5. The van der Waals surface area contributed by atoms with Gasteiger partial charge in [0.15, 0.2) is 20.3 Å². The SMILES string of the molecule is CS(=O)(=O)C1(C(=O)NCCc2nc(C(F)(F)F)cs2)CCNCC1. The van der Waals surface area contributed by atoms with Gasteiger partial charge in [-0.1, -0.05) is 0 Å². The summed E-state index contributed by atoms with van der Waals surface area (Å²) in [7, 11) is -3.61. The Morgan fingerprint density at radius 2 is 2.04 bits per heavy atom. The fraction of sp³-hybridized carbons (Fsp3) is 0.692. The Morgan fingerprint density at radius 1 is 1.42 bits per heavy atom. The summed E-state index contributed by atoms with van der Waals surface area (Å²) < 4.78 is 60.1. The van der Waals surface area contributed by atoms with Gasteiger partial charge in [-0.05, 0) is 25.9 Å². The second-order valence-corrected chi connectivity index (χ2v) is 8.92. The average molecular weight is 385 g/mol. The number of amides is 1. The first kappa shape index (κ1) is 19.1. The molecule has 1 aromatic rings. The van der Waals surface area contributed by atoms with Crippen molar-refractivity contribution in [3.63, 3.8) is 0 Å². The minimum Gasteiger partial charge on any atom is -0.354 e. The molecular weight excluding hydrogens is 367 g/mol. The van der Waals surface area contributed by atoms with Gasteiger partial charge < -0.3 is 10.6 Å². The quantitative estimate of drug-likeness (QED) is 0.789. The van der Waals surface area contributed by atoms with Crippen molar-refractivity contribution in [3.8, 4) is 0 Å². The molecule has 0 aromatic carbocycles. The Bertz CT molecular complexity index is 695. The standard InChI is InChI=1S/C13H18F3N3O3S2/c1-24(21,22)12(3-6-17-7-4-12)11(20)18-5-2-10-19-9(8-23-10)13(14,15)16/h8,17H,2-7H2,1H3,(H,18,20). The van der Waals surface area contributed by atoms with Crippen molar-refractivity contribution in [1.82, 2.24) is 15.6 Å². The van der Waals surface area contributed by atoms with E-state index >= 15 is 0 Å². The number of halogens is 3. The molecule has 136 valence electrons. The van der Waals surface area contributed by atoms with Gasteiger partial charge in [-0.25, -0.2) is 13.4 Å². The van der Waals surface area contributed by atoms with Gasteiger partial charge in [0, 0.05) is 24.6 Å². The average Bonchev–Trinajstić information content (AvgIpc) is 2.95. The van der Waals surface area contributed by atoms with Crippen LogP contribution in [-0.2, 0) is 27.2 Å². The van der Waals surface area contributed by atoms with E-state index in [1.54, 1.807) is 0 Å². The van der Waals surface area contributed by atoms with Crippen LogP contribution in [0.3, 0.4) is 0 Å². The molecule has 0 spiro atoms. The van der Waals surface area contributed by atoms with Gasteiger partial charge in [-0.15, -0.1) is 11.3 Å². The summed E-state index contributed by atoms with van der Waals surface area (Å²) in [5.41, 5.74) is -0.959. The number of nitrogens with one attached hydrogen (secondary N) is 2. The second kappa shape index (κ2) is 6.96. The Kier molecular flexibility index (Phi) is 5.55. The van der Waals surface area contributed by atoms with Gasteiger partial charge >= 0.3 is 6.18 Å². The van der Waals surface area contributed by atoms with Crippen molar-refractivity contribution < 1.29 is 26.4 Å². The molecular formula is C13H18F3N3O3S2. The molecule has 1 aliphatic rings. The molecule has 0 atom stereocenters. The zero-order valence-electron chi connectivity index (χ0n) is 12.9. The van der Waals surface area contributed by atoms with E-state index in [2.05, 4.69) is 15.6 Å². The molecule has 6 nitrogen and oxygen atoms in total. The van der Waals surface area contributed by atoms with Gasteiger partial charge in [0.25, 0.3) is 0 Å². The van der Waals surface area contributed by atoms with Gasteiger partial charge in [0.1, 0.15) is 0 Å². The molecule has 24 heavy (non-hydrogen) atoms. The van der Waals surface area contributed by atoms with E-state index in [9.17, 15) is 26.4 Å². The lowest BCUT2D eigenvalue weighted by Gasteiger charge is -2.34. The molecule has 2 N–H and O–H groups in total. The number of aromatic nitrogens is 1. The highest BCUT2D eigenvalue weighted by molar-refractivity contribution is 7.92. The van der Waals surface area contributed by atoms with E-state index in [-0.39, 0.29) is 30.8 Å². The van der Waals surface area contributed by atoms with Crippen LogP contribution in [0.4, 0.5) is 13.2 Å². The van der Waals surface area contributed by atoms with Crippen molar-refractivity contribution in [2.45, 2.75) is 30.2 Å². The van der Waals surface area contributed by atoms with Crippen LogP contribution in [-0.4, -0.2) is 49.9 Å². The number of carbonyl (C=O) groups excluding carboxylic acids is 1. The number of carbonyl (C=O) groups is 1. The van der Waals surface area contributed by atoms with E-state index in [0.29, 0.717) is 13.1 Å². The summed E-state index contributed by atoms with van der Waals surface area (Å²) in [6, 6.07) is 0. The topological polar surface area (TPSA) is 88.2 Å². The highest BCUT2D eigenvalue weighted by Gasteiger charge is 2.48. The number of hydrogen-bond acceptors (Lipinski definition) is 6. The van der Waals surface area contributed by atoms with Crippen LogP contribution in [0.2, 0.25) is 0 Å². The van der Waals surface area contributed by atoms with Gasteiger partial charge in [0.05, 0.1) is 5.01 Å². The summed E-state index contributed by atoms with van der Waals surface area (Å²) in [6.45, 7) is 0.873. The van der Waals surface area contributed by atoms with Gasteiger partial charge in [-0.2, -0.15) is 13.2 Å². The minimum absolute atomic E-state index is 0.0361. The molecule has 1 saturated heterocycles. The molecule has 1 aromatic heterocycles. The predicted octanol–water partition coefficient (Wildman–Crippen LogP) is 0.987. The minimum atomic E-state index is -4.49. The zero-order valence-corrected chi connectivity index (χ0v) is 14.6. The molecule has 2 heterocycles. The first-order chi connectivity index (χ1) is 11.1. The molecule has 0 bridgehead atoms. The summed E-state index contributed by atoms with van der Waals surface area (Å²) in [6.07, 6.45) is -2.99. The number of rotatable bonds is 5. The lowest BCUT2D eigenvalue weighted by molar-refractivity contribution is -0.140. The molecule has 0 unspecified atom stereocenters. The Labute approximate surface area is 141 Å². The smallest absolute Gasteiger partial charge is 0.354 e. The van der Waals surface area contributed by atoms with E-state index < -0.39 is 32.4 Å². The van der Waals surface area contributed by atoms with Crippen molar-refractivity contribution >= 4 is 27.1 Å². The zero-order chi connectivity index (χ0) is 18.0. The number of thiazole rings is 1. The highest BCUT2D eigenvalue weighted by Crippen LogP contribution is 2.30. The summed E-state index contributed by atoms with van der Waals surface area (Å²) in [4.78, 5) is 15.9. The third-order valence-electron chi connectivity index (χ3n) is 4.00. The molecule has 0 radical (unpaired) electrons. The summed E-state index contributed by atoms with van der Waals surface area (Å²) in [5.74, 6) is -0.598. The lowest BCUT2D eigenvalue weighted by Crippen LogP contribution is -2.57. The van der Waals surface area contributed by atoms with Crippen LogP contribution in [0.15, 0.2) is 5.38 Å². The van der Waals surface area contributed by atoms with Crippen molar-refractivity contribution in [1.29, 1.82) is 0 Å². The maximum atomic E-state index is 12.5. The maximum Gasteiger partial charge on any atom is 0.434 e.